The van der Waals surface area contributed by atoms with Crippen LogP contribution in [0.25, 0.3) is 5.69 Å². The maximum absolute atomic E-state index is 12.8. The average molecular weight is 373 g/mol. The van der Waals surface area contributed by atoms with E-state index in [2.05, 4.69) is 4.74 Å². The number of ether oxygens (including phenoxy) is 3. The van der Waals surface area contributed by atoms with Gasteiger partial charge in [0, 0.05) is 11.9 Å². The van der Waals surface area contributed by atoms with Crippen LogP contribution in [-0.2, 0) is 14.2 Å². The Bertz CT molecular complexity index is 916. The summed E-state index contributed by atoms with van der Waals surface area (Å²) in [6, 6.07) is 8.43. The monoisotopic (exact) mass is 373 g/mol. The molecule has 1 heterocycles. The fourth-order valence-corrected chi connectivity index (χ4v) is 2.46. The zero-order chi connectivity index (χ0) is 20.0. The summed E-state index contributed by atoms with van der Waals surface area (Å²) < 4.78 is 15.8. The van der Waals surface area contributed by atoms with E-state index in [9.17, 15) is 19.2 Å². The van der Waals surface area contributed by atoms with Crippen molar-refractivity contribution in [1.29, 1.82) is 0 Å². The normalized spacial score (nSPS) is 10.2. The molecule has 8 heteroatoms. The molecule has 0 N–H and O–H groups in total. The Morgan fingerprint density at radius 3 is 2.07 bits per heavy atom. The van der Waals surface area contributed by atoms with Gasteiger partial charge in [0.1, 0.15) is 11.1 Å². The molecule has 27 heavy (non-hydrogen) atoms. The number of esters is 3. The van der Waals surface area contributed by atoms with Crippen LogP contribution in [0.15, 0.2) is 41.3 Å². The molecule has 8 nitrogen and oxygen atoms in total. The summed E-state index contributed by atoms with van der Waals surface area (Å²) in [5.41, 5.74) is -1.83. The molecule has 0 unspecified atom stereocenters. The van der Waals surface area contributed by atoms with Crippen LogP contribution in [-0.4, -0.2) is 42.8 Å². The lowest BCUT2D eigenvalue weighted by Crippen LogP contribution is -2.32. The maximum Gasteiger partial charge on any atom is 0.356 e. The van der Waals surface area contributed by atoms with Crippen molar-refractivity contribution in [2.75, 3.05) is 20.3 Å². The zero-order valence-electron chi connectivity index (χ0n) is 15.2. The third kappa shape index (κ3) is 4.05. The van der Waals surface area contributed by atoms with Crippen molar-refractivity contribution in [1.82, 2.24) is 4.57 Å². The Kier molecular flexibility index (Phi) is 6.48. The molecule has 0 aliphatic carbocycles. The van der Waals surface area contributed by atoms with Crippen molar-refractivity contribution < 1.29 is 28.6 Å². The molecule has 0 amide bonds. The van der Waals surface area contributed by atoms with E-state index < -0.39 is 34.5 Å². The van der Waals surface area contributed by atoms with Gasteiger partial charge in [-0.05, 0) is 26.0 Å². The maximum atomic E-state index is 12.8. The van der Waals surface area contributed by atoms with Crippen molar-refractivity contribution in [3.63, 3.8) is 0 Å². The van der Waals surface area contributed by atoms with E-state index >= 15 is 0 Å². The number of hydrogen-bond acceptors (Lipinski definition) is 7. The fourth-order valence-electron chi connectivity index (χ4n) is 2.46. The highest BCUT2D eigenvalue weighted by molar-refractivity contribution is 6.04. The molecule has 0 saturated heterocycles. The molecule has 0 aliphatic rings. The second-order valence-electron chi connectivity index (χ2n) is 5.23. The summed E-state index contributed by atoms with van der Waals surface area (Å²) in [5.74, 6) is -2.86. The third-order valence-corrected chi connectivity index (χ3v) is 3.60. The van der Waals surface area contributed by atoms with Gasteiger partial charge in [0.2, 0.25) is 5.43 Å². The third-order valence-electron chi connectivity index (χ3n) is 3.60. The van der Waals surface area contributed by atoms with Crippen LogP contribution in [0.1, 0.15) is 45.1 Å². The van der Waals surface area contributed by atoms with Gasteiger partial charge in [0.25, 0.3) is 0 Å². The van der Waals surface area contributed by atoms with Crippen LogP contribution in [0.3, 0.4) is 0 Å². The highest BCUT2D eigenvalue weighted by Crippen LogP contribution is 2.18. The van der Waals surface area contributed by atoms with Gasteiger partial charge in [-0.15, -0.1) is 0 Å². The zero-order valence-corrected chi connectivity index (χ0v) is 15.2. The average Bonchev–Trinajstić information content (AvgIpc) is 2.67. The summed E-state index contributed by atoms with van der Waals surface area (Å²) in [6.45, 7) is 3.16. The molecule has 2 aromatic rings. The quantitative estimate of drug-likeness (QED) is 0.564. The van der Waals surface area contributed by atoms with Crippen LogP contribution < -0.4 is 5.43 Å². The largest absolute Gasteiger partial charge is 0.465 e. The minimum absolute atomic E-state index is 0.0195. The van der Waals surface area contributed by atoms with Crippen molar-refractivity contribution >= 4 is 17.9 Å². The molecule has 142 valence electrons. The van der Waals surface area contributed by atoms with Crippen LogP contribution in [0.4, 0.5) is 0 Å². The summed E-state index contributed by atoms with van der Waals surface area (Å²) >= 11 is 0. The number of aromatic nitrogens is 1. The van der Waals surface area contributed by atoms with Crippen LogP contribution in [0.5, 0.6) is 0 Å². The standard InChI is InChI=1S/C19H19NO7/c1-4-26-18(23)14-15(19(24)27-5-2)20(12-9-7-6-8-10-12)11-13(16(14)21)17(22)25-3/h6-11H,4-5H2,1-3H3. The van der Waals surface area contributed by atoms with E-state index in [0.717, 1.165) is 13.3 Å². The second-order valence-corrected chi connectivity index (χ2v) is 5.23. The number of carbonyl (C=O) groups excluding carboxylic acids is 3. The van der Waals surface area contributed by atoms with Gasteiger partial charge in [-0.3, -0.25) is 4.79 Å². The SMILES string of the molecule is CCOC(=O)c1c(C(=O)OCC)n(-c2ccccc2)cc(C(=O)OC)c1=O. The smallest absolute Gasteiger partial charge is 0.356 e. The number of rotatable bonds is 6. The van der Waals surface area contributed by atoms with Crippen molar-refractivity contribution in [3.05, 3.63) is 63.6 Å². The predicted molar refractivity (Wildman–Crippen MR) is 95.3 cm³/mol. The predicted octanol–water partition coefficient (Wildman–Crippen LogP) is 1.98. The Balaban J connectivity index is 2.93. The number of pyridine rings is 1. The van der Waals surface area contributed by atoms with E-state index in [0.29, 0.717) is 5.69 Å². The van der Waals surface area contributed by atoms with Gasteiger partial charge in [-0.25, -0.2) is 14.4 Å². The first kappa shape index (κ1) is 19.9. The topological polar surface area (TPSA) is 101 Å². The number of carbonyl (C=O) groups is 3. The van der Waals surface area contributed by atoms with Crippen LogP contribution in [0.2, 0.25) is 0 Å². The van der Waals surface area contributed by atoms with E-state index in [-0.39, 0.29) is 18.9 Å². The number of benzene rings is 1. The van der Waals surface area contributed by atoms with Crippen LogP contribution >= 0.6 is 0 Å². The van der Waals surface area contributed by atoms with Gasteiger partial charge in [-0.2, -0.15) is 0 Å². The second kappa shape index (κ2) is 8.79. The van der Waals surface area contributed by atoms with E-state index in [4.69, 9.17) is 9.47 Å². The summed E-state index contributed by atoms with van der Waals surface area (Å²) in [7, 11) is 1.11. The van der Waals surface area contributed by atoms with Crippen LogP contribution in [0, 0.1) is 0 Å². The molecule has 0 saturated carbocycles. The van der Waals surface area contributed by atoms with Crippen molar-refractivity contribution in [3.8, 4) is 5.69 Å². The Morgan fingerprint density at radius 2 is 1.52 bits per heavy atom. The summed E-state index contributed by atoms with van der Waals surface area (Å²) in [6.07, 6.45) is 1.15. The number of para-hydroxylation sites is 1. The van der Waals surface area contributed by atoms with Gasteiger partial charge in [-0.1, -0.05) is 18.2 Å². The molecule has 0 spiro atoms. The molecule has 0 radical (unpaired) electrons. The molecule has 0 bridgehead atoms. The molecule has 2 rings (SSSR count). The first-order chi connectivity index (χ1) is 13.0. The van der Waals surface area contributed by atoms with E-state index in [1.165, 1.54) is 4.57 Å². The van der Waals surface area contributed by atoms with E-state index in [1.54, 1.807) is 44.2 Å². The van der Waals surface area contributed by atoms with Gasteiger partial charge < -0.3 is 18.8 Å². The minimum atomic E-state index is -1.03. The summed E-state index contributed by atoms with van der Waals surface area (Å²) in [4.78, 5) is 49.8. The fraction of sp³-hybridized carbons (Fsp3) is 0.263. The van der Waals surface area contributed by atoms with Gasteiger partial charge in [0.05, 0.1) is 20.3 Å². The highest BCUT2D eigenvalue weighted by atomic mass is 16.5. The number of hydrogen-bond donors (Lipinski definition) is 0. The molecule has 1 aromatic heterocycles. The van der Waals surface area contributed by atoms with Crippen molar-refractivity contribution in [2.45, 2.75) is 13.8 Å². The van der Waals surface area contributed by atoms with Gasteiger partial charge in [0.15, 0.2) is 5.69 Å². The van der Waals surface area contributed by atoms with Gasteiger partial charge >= 0.3 is 17.9 Å². The van der Waals surface area contributed by atoms with E-state index in [1.807, 2.05) is 0 Å². The molecule has 0 aliphatic heterocycles. The Morgan fingerprint density at radius 1 is 0.926 bits per heavy atom. The lowest BCUT2D eigenvalue weighted by atomic mass is 10.1. The highest BCUT2D eigenvalue weighted by Gasteiger charge is 2.30. The minimum Gasteiger partial charge on any atom is -0.465 e. The lowest BCUT2D eigenvalue weighted by Gasteiger charge is -2.17. The summed E-state index contributed by atoms with van der Waals surface area (Å²) in [5, 5.41) is 0. The molecular formula is C19H19NO7. The Labute approximate surface area is 155 Å². The first-order valence-corrected chi connectivity index (χ1v) is 8.23. The number of methoxy groups -OCH3 is 1. The molecule has 0 atom stereocenters. The number of nitrogens with zero attached hydrogens (tertiary/aromatic N) is 1. The first-order valence-electron chi connectivity index (χ1n) is 8.23. The molecule has 1 aromatic carbocycles. The molecule has 0 fully saturated rings. The molecular weight excluding hydrogens is 354 g/mol. The lowest BCUT2D eigenvalue weighted by molar-refractivity contribution is 0.0467. The Hall–Kier alpha value is -3.42. The van der Waals surface area contributed by atoms with Crippen molar-refractivity contribution in [2.24, 2.45) is 0 Å².